The molecule has 2 unspecified atom stereocenters. The smallest absolute Gasteiger partial charge is 0.313 e. The highest BCUT2D eigenvalue weighted by atomic mass is 35.5. The number of alkyl halides is 1. The first-order valence-electron chi connectivity index (χ1n) is 7.38. The molecule has 0 saturated heterocycles. The number of carbonyl (C=O) groups excluding carboxylic acids is 2. The summed E-state index contributed by atoms with van der Waals surface area (Å²) < 4.78 is 5.31. The van der Waals surface area contributed by atoms with E-state index in [9.17, 15) is 14.7 Å². The molecule has 0 radical (unpaired) electrons. The molecule has 0 heterocycles. The number of ketones is 1. The molecule has 4 fully saturated rings. The highest BCUT2D eigenvalue weighted by molar-refractivity contribution is 6.28. The van der Waals surface area contributed by atoms with Crippen LogP contribution in [0.1, 0.15) is 44.9 Å². The van der Waals surface area contributed by atoms with Gasteiger partial charge in [0.25, 0.3) is 0 Å². The first kappa shape index (κ1) is 14.3. The van der Waals surface area contributed by atoms with Gasteiger partial charge in [0.15, 0.2) is 5.78 Å². The second kappa shape index (κ2) is 4.99. The van der Waals surface area contributed by atoms with E-state index in [2.05, 4.69) is 0 Å². The third-order valence-corrected chi connectivity index (χ3v) is 5.48. The Morgan fingerprint density at radius 3 is 2.40 bits per heavy atom. The summed E-state index contributed by atoms with van der Waals surface area (Å²) in [6.07, 6.45) is 5.61. The van der Waals surface area contributed by atoms with Gasteiger partial charge < -0.3 is 9.84 Å². The lowest BCUT2D eigenvalue weighted by Gasteiger charge is -2.59. The third-order valence-electron chi connectivity index (χ3n) is 5.18. The largest absolute Gasteiger partial charge is 0.465 e. The van der Waals surface area contributed by atoms with E-state index in [1.165, 1.54) is 6.42 Å². The van der Waals surface area contributed by atoms with Crippen LogP contribution in [-0.2, 0) is 14.3 Å². The number of esters is 1. The van der Waals surface area contributed by atoms with Crippen molar-refractivity contribution in [3.8, 4) is 0 Å². The second-order valence-electron chi connectivity index (χ2n) is 7.20. The van der Waals surface area contributed by atoms with Gasteiger partial charge in [0.05, 0.1) is 18.1 Å². The molecule has 2 atom stereocenters. The van der Waals surface area contributed by atoms with Gasteiger partial charge in [-0.25, -0.2) is 0 Å². The Kier molecular flexibility index (Phi) is 3.57. The van der Waals surface area contributed by atoms with Gasteiger partial charge >= 0.3 is 5.97 Å². The predicted molar refractivity (Wildman–Crippen MR) is 73.4 cm³/mol. The van der Waals surface area contributed by atoms with Crippen LogP contribution < -0.4 is 0 Å². The minimum Gasteiger partial charge on any atom is -0.465 e. The highest BCUT2D eigenvalue weighted by Gasteiger charge is 2.57. The average molecular weight is 301 g/mol. The van der Waals surface area contributed by atoms with Gasteiger partial charge in [-0.15, -0.1) is 11.6 Å². The molecule has 0 aromatic carbocycles. The van der Waals surface area contributed by atoms with E-state index in [4.69, 9.17) is 16.3 Å². The van der Waals surface area contributed by atoms with Crippen molar-refractivity contribution in [3.05, 3.63) is 0 Å². The van der Waals surface area contributed by atoms with E-state index in [1.807, 2.05) is 0 Å². The van der Waals surface area contributed by atoms with Crippen LogP contribution in [-0.4, -0.2) is 34.9 Å². The number of ether oxygens (including phenoxy) is 1. The fourth-order valence-electron chi connectivity index (χ4n) is 5.06. The second-order valence-corrected chi connectivity index (χ2v) is 7.46. The van der Waals surface area contributed by atoms with Crippen LogP contribution in [0, 0.1) is 17.3 Å². The monoisotopic (exact) mass is 300 g/mol. The Balaban J connectivity index is 1.60. The Bertz CT molecular complexity index is 420. The van der Waals surface area contributed by atoms with E-state index < -0.39 is 11.6 Å². The van der Waals surface area contributed by atoms with Crippen molar-refractivity contribution in [2.75, 3.05) is 12.5 Å². The van der Waals surface area contributed by atoms with Crippen molar-refractivity contribution in [3.63, 3.8) is 0 Å². The Morgan fingerprint density at radius 1 is 1.20 bits per heavy atom. The van der Waals surface area contributed by atoms with E-state index >= 15 is 0 Å². The fraction of sp³-hybridized carbons (Fsp3) is 0.867. The lowest BCUT2D eigenvalue weighted by molar-refractivity contribution is -0.186. The molecule has 4 aliphatic carbocycles. The summed E-state index contributed by atoms with van der Waals surface area (Å²) in [4.78, 5) is 22.7. The first-order chi connectivity index (χ1) is 9.42. The number of Topliss-reactive ketones (excluding diaryl/α,β-unsaturated/α-hetero) is 1. The van der Waals surface area contributed by atoms with Crippen LogP contribution in [0.2, 0.25) is 0 Å². The number of carbonyl (C=O) groups is 2. The maximum Gasteiger partial charge on any atom is 0.313 e. The van der Waals surface area contributed by atoms with Gasteiger partial charge in [0.2, 0.25) is 0 Å². The highest BCUT2D eigenvalue weighted by Crippen LogP contribution is 2.61. The molecule has 112 valence electrons. The van der Waals surface area contributed by atoms with E-state index in [-0.39, 0.29) is 23.5 Å². The maximum atomic E-state index is 11.6. The summed E-state index contributed by atoms with van der Waals surface area (Å²) in [7, 11) is 0. The zero-order valence-corrected chi connectivity index (χ0v) is 12.3. The minimum absolute atomic E-state index is 0.0570. The Hall–Kier alpha value is -0.610. The quantitative estimate of drug-likeness (QED) is 0.479. The van der Waals surface area contributed by atoms with Gasteiger partial charge in [0.1, 0.15) is 6.42 Å². The minimum atomic E-state index is -0.539. The standard InChI is InChI=1S/C15H21ClO4/c16-7-12(17)2-13(18)20-9-14-3-10-1-11(4-14)6-15(19,5-10)8-14/h10-11,19H,1-9H2. The number of halogens is 1. The molecule has 4 bridgehead atoms. The summed E-state index contributed by atoms with van der Waals surface area (Å²) >= 11 is 5.38. The molecular weight excluding hydrogens is 280 g/mol. The van der Waals surface area contributed by atoms with E-state index in [1.54, 1.807) is 0 Å². The van der Waals surface area contributed by atoms with Gasteiger partial charge in [-0.3, -0.25) is 9.59 Å². The van der Waals surface area contributed by atoms with Crippen LogP contribution in [0.3, 0.4) is 0 Å². The number of hydrogen-bond donors (Lipinski definition) is 1. The molecule has 4 rings (SSSR count). The first-order valence-corrected chi connectivity index (χ1v) is 7.91. The number of hydrogen-bond acceptors (Lipinski definition) is 4. The predicted octanol–water partition coefficient (Wildman–Crippen LogP) is 2.06. The summed E-state index contributed by atoms with van der Waals surface area (Å²) in [6, 6.07) is 0. The SMILES string of the molecule is O=C(CCl)CC(=O)OCC12CC3CC(CC(O)(C3)C1)C2. The molecular formula is C15H21ClO4. The van der Waals surface area contributed by atoms with Gasteiger partial charge in [-0.2, -0.15) is 0 Å². The van der Waals surface area contributed by atoms with Gasteiger partial charge in [-0.05, 0) is 50.4 Å². The Morgan fingerprint density at radius 2 is 1.85 bits per heavy atom. The zero-order valence-electron chi connectivity index (χ0n) is 11.6. The molecule has 4 saturated carbocycles. The van der Waals surface area contributed by atoms with Crippen LogP contribution in [0.5, 0.6) is 0 Å². The molecule has 0 aliphatic heterocycles. The summed E-state index contributed by atoms with van der Waals surface area (Å²) in [6.45, 7) is 0.344. The third kappa shape index (κ3) is 2.73. The molecule has 0 aromatic rings. The molecule has 0 amide bonds. The molecule has 5 heteroatoms. The normalized spacial score (nSPS) is 41.7. The van der Waals surface area contributed by atoms with E-state index in [0.717, 1.165) is 32.1 Å². The molecule has 4 nitrogen and oxygen atoms in total. The number of rotatable bonds is 5. The molecule has 0 aromatic heterocycles. The van der Waals surface area contributed by atoms with Crippen molar-refractivity contribution < 1.29 is 19.4 Å². The van der Waals surface area contributed by atoms with Gasteiger partial charge in [-0.1, -0.05) is 0 Å². The molecule has 1 N–H and O–H groups in total. The fourth-order valence-corrected chi connectivity index (χ4v) is 5.16. The summed E-state index contributed by atoms with van der Waals surface area (Å²) in [5.74, 6) is 0.206. The molecule has 4 aliphatic rings. The van der Waals surface area contributed by atoms with Crippen molar-refractivity contribution in [1.82, 2.24) is 0 Å². The molecule has 20 heavy (non-hydrogen) atoms. The van der Waals surface area contributed by atoms with Crippen LogP contribution in [0.15, 0.2) is 0 Å². The lowest BCUT2D eigenvalue weighted by Crippen LogP contribution is -2.57. The van der Waals surface area contributed by atoms with Crippen molar-refractivity contribution in [1.29, 1.82) is 0 Å². The number of aliphatic hydroxyl groups is 1. The topological polar surface area (TPSA) is 63.6 Å². The van der Waals surface area contributed by atoms with Crippen molar-refractivity contribution in [2.45, 2.75) is 50.5 Å². The van der Waals surface area contributed by atoms with Gasteiger partial charge in [0, 0.05) is 5.41 Å². The zero-order chi connectivity index (χ0) is 14.4. The lowest BCUT2D eigenvalue weighted by atomic mass is 9.48. The summed E-state index contributed by atoms with van der Waals surface area (Å²) in [5, 5.41) is 10.6. The van der Waals surface area contributed by atoms with E-state index in [0.29, 0.717) is 18.4 Å². The Labute approximate surface area is 123 Å². The van der Waals surface area contributed by atoms with Crippen LogP contribution in [0.25, 0.3) is 0 Å². The maximum absolute atomic E-state index is 11.6. The van der Waals surface area contributed by atoms with Crippen molar-refractivity contribution in [2.24, 2.45) is 17.3 Å². The van der Waals surface area contributed by atoms with Crippen molar-refractivity contribution >= 4 is 23.4 Å². The average Bonchev–Trinajstić information content (AvgIpc) is 2.33. The van der Waals surface area contributed by atoms with Crippen LogP contribution in [0.4, 0.5) is 0 Å². The molecule has 0 spiro atoms. The van der Waals surface area contributed by atoms with Crippen LogP contribution >= 0.6 is 11.6 Å². The summed E-state index contributed by atoms with van der Waals surface area (Å²) in [5.41, 5.74) is -0.596.